The van der Waals surface area contributed by atoms with Gasteiger partial charge in [-0.3, -0.25) is 9.36 Å². The fraction of sp³-hybridized carbons (Fsp3) is 0.125. The number of carbonyl (C=O) groups is 1. The van der Waals surface area contributed by atoms with E-state index in [-0.39, 0.29) is 12.4 Å². The van der Waals surface area contributed by atoms with Gasteiger partial charge in [0.1, 0.15) is 18.6 Å². The predicted octanol–water partition coefficient (Wildman–Crippen LogP) is 2.67. The van der Waals surface area contributed by atoms with Crippen LogP contribution >= 0.6 is 0 Å². The van der Waals surface area contributed by atoms with Crippen molar-refractivity contribution in [3.05, 3.63) is 70.7 Å². The molecule has 0 aliphatic carbocycles. The lowest BCUT2D eigenvalue weighted by Crippen LogP contribution is -2.19. The summed E-state index contributed by atoms with van der Waals surface area (Å²) in [5.74, 6) is -0.785. The lowest BCUT2D eigenvalue weighted by atomic mass is 10.2. The van der Waals surface area contributed by atoms with Crippen molar-refractivity contribution in [2.24, 2.45) is 0 Å². The minimum Gasteiger partial charge on any atom is -0.358 e. The molecule has 9 heteroatoms. The number of benzene rings is 1. The van der Waals surface area contributed by atoms with Gasteiger partial charge in [0.05, 0.1) is 5.69 Å². The summed E-state index contributed by atoms with van der Waals surface area (Å²) < 4.78 is 16.9. The normalized spacial score (nSPS) is 10.6. The number of hydrogen-bond acceptors (Lipinski definition) is 4. The van der Waals surface area contributed by atoms with Crippen molar-refractivity contribution < 1.29 is 14.1 Å². The molecule has 0 saturated carbocycles. The Hall–Kier alpha value is -3.49. The van der Waals surface area contributed by atoms with Crippen LogP contribution < -0.4 is 5.32 Å². The Morgan fingerprint density at radius 1 is 1.36 bits per heavy atom. The molecule has 0 aliphatic rings. The summed E-state index contributed by atoms with van der Waals surface area (Å²) >= 11 is 0. The Balaban J connectivity index is 1.75. The molecule has 0 bridgehead atoms. The monoisotopic (exact) mass is 343 g/mol. The molecule has 8 nitrogen and oxygen atoms in total. The van der Waals surface area contributed by atoms with E-state index >= 15 is 0 Å². The average molecular weight is 343 g/mol. The Bertz CT molecular complexity index is 933. The number of nitrogens with one attached hydrogen (secondary N) is 1. The quantitative estimate of drug-likeness (QED) is 0.569. The molecule has 2 aromatic heterocycles. The highest BCUT2D eigenvalue weighted by molar-refractivity contribution is 5.90. The second kappa shape index (κ2) is 6.56. The molecular weight excluding hydrogens is 329 g/mol. The van der Waals surface area contributed by atoms with E-state index in [1.54, 1.807) is 36.0 Å². The van der Waals surface area contributed by atoms with Gasteiger partial charge in [-0.2, -0.15) is 0 Å². The first-order valence-electron chi connectivity index (χ1n) is 7.35. The zero-order chi connectivity index (χ0) is 18.0. The first-order valence-corrected chi connectivity index (χ1v) is 7.35. The van der Waals surface area contributed by atoms with Crippen molar-refractivity contribution >= 4 is 17.4 Å². The number of imidazole rings is 1. The number of aryl methyl sites for hydroxylation is 1. The Labute approximate surface area is 141 Å². The predicted molar refractivity (Wildman–Crippen MR) is 88.0 cm³/mol. The molecule has 0 saturated heterocycles. The highest BCUT2D eigenvalue weighted by Gasteiger charge is 2.17. The van der Waals surface area contributed by atoms with Crippen LogP contribution in [0.5, 0.6) is 0 Å². The molecule has 1 N–H and O–H groups in total. The number of halogens is 1. The van der Waals surface area contributed by atoms with E-state index in [1.165, 1.54) is 29.0 Å². The van der Waals surface area contributed by atoms with Gasteiger partial charge in [-0.1, -0.05) is 0 Å². The van der Waals surface area contributed by atoms with Crippen LogP contribution in [0.25, 0.3) is 5.69 Å². The minimum atomic E-state index is -0.620. The number of nitrogens with zero attached hydrogens (tertiary/aromatic N) is 4. The van der Waals surface area contributed by atoms with Crippen LogP contribution in [0, 0.1) is 22.9 Å². The summed E-state index contributed by atoms with van der Waals surface area (Å²) in [6, 6.07) is 7.75. The molecule has 3 rings (SSSR count). The molecule has 25 heavy (non-hydrogen) atoms. The average Bonchev–Trinajstić information content (AvgIpc) is 3.20. The number of aromatic nitrogens is 3. The zero-order valence-corrected chi connectivity index (χ0v) is 13.2. The van der Waals surface area contributed by atoms with Crippen molar-refractivity contribution in [3.8, 4) is 5.69 Å². The summed E-state index contributed by atoms with van der Waals surface area (Å²) in [6.07, 6.45) is 4.58. The summed E-state index contributed by atoms with van der Waals surface area (Å²) in [6.45, 7) is 1.44. The largest absolute Gasteiger partial charge is 0.381 e. The molecule has 3 aromatic rings. The molecule has 1 amide bonds. The van der Waals surface area contributed by atoms with Crippen LogP contribution in [0.4, 0.5) is 15.9 Å². The third kappa shape index (κ3) is 3.55. The van der Waals surface area contributed by atoms with Crippen molar-refractivity contribution in [1.82, 2.24) is 14.1 Å². The number of carbonyl (C=O) groups excluding carboxylic acids is 1. The maximum absolute atomic E-state index is 13.9. The van der Waals surface area contributed by atoms with Gasteiger partial charge in [0.2, 0.25) is 11.7 Å². The van der Waals surface area contributed by atoms with Crippen molar-refractivity contribution in [3.63, 3.8) is 0 Å². The smallest absolute Gasteiger partial charge is 0.358 e. The molecule has 0 unspecified atom stereocenters. The molecule has 0 fully saturated rings. The van der Waals surface area contributed by atoms with E-state index in [4.69, 9.17) is 0 Å². The molecule has 0 radical (unpaired) electrons. The number of nitro groups is 1. The summed E-state index contributed by atoms with van der Waals surface area (Å²) in [5.41, 5.74) is 0.722. The van der Waals surface area contributed by atoms with Gasteiger partial charge in [-0.05, 0) is 40.2 Å². The van der Waals surface area contributed by atoms with E-state index in [1.807, 2.05) is 0 Å². The van der Waals surface area contributed by atoms with Crippen LogP contribution in [0.2, 0.25) is 0 Å². The fourth-order valence-electron chi connectivity index (χ4n) is 2.38. The third-order valence-corrected chi connectivity index (χ3v) is 3.58. The minimum absolute atomic E-state index is 0.136. The van der Waals surface area contributed by atoms with Crippen LogP contribution in [-0.2, 0) is 11.3 Å². The highest BCUT2D eigenvalue weighted by atomic mass is 19.1. The number of rotatable bonds is 5. The van der Waals surface area contributed by atoms with E-state index in [0.29, 0.717) is 17.2 Å². The molecule has 128 valence electrons. The maximum Gasteiger partial charge on any atom is 0.381 e. The number of anilines is 1. The second-order valence-corrected chi connectivity index (χ2v) is 5.34. The van der Waals surface area contributed by atoms with E-state index in [0.717, 1.165) is 0 Å². The van der Waals surface area contributed by atoms with Crippen molar-refractivity contribution in [2.45, 2.75) is 13.5 Å². The molecule has 2 heterocycles. The fourth-order valence-corrected chi connectivity index (χ4v) is 2.38. The van der Waals surface area contributed by atoms with E-state index < -0.39 is 16.6 Å². The SMILES string of the molecule is Cc1nc([N+](=O)[O-])cn1CC(=O)Nc1ccc(F)c(-n2cccc2)c1. The van der Waals surface area contributed by atoms with Gasteiger partial charge in [-0.25, -0.2) is 4.39 Å². The van der Waals surface area contributed by atoms with Crippen molar-refractivity contribution in [2.75, 3.05) is 5.32 Å². The second-order valence-electron chi connectivity index (χ2n) is 5.34. The number of hydrogen-bond donors (Lipinski definition) is 1. The van der Waals surface area contributed by atoms with Crippen molar-refractivity contribution in [1.29, 1.82) is 0 Å². The van der Waals surface area contributed by atoms with E-state index in [2.05, 4.69) is 10.3 Å². The van der Waals surface area contributed by atoms with Gasteiger partial charge >= 0.3 is 5.82 Å². The lowest BCUT2D eigenvalue weighted by Gasteiger charge is -2.10. The Morgan fingerprint density at radius 3 is 2.72 bits per heavy atom. The third-order valence-electron chi connectivity index (χ3n) is 3.58. The molecule has 0 atom stereocenters. The van der Waals surface area contributed by atoms with Gasteiger partial charge in [-0.15, -0.1) is 0 Å². The van der Waals surface area contributed by atoms with Gasteiger partial charge in [0.25, 0.3) is 0 Å². The zero-order valence-electron chi connectivity index (χ0n) is 13.2. The van der Waals surface area contributed by atoms with Crippen LogP contribution in [0.15, 0.2) is 48.9 Å². The number of amides is 1. The summed E-state index contributed by atoms with van der Waals surface area (Å²) in [7, 11) is 0. The Morgan fingerprint density at radius 2 is 2.08 bits per heavy atom. The molecule has 1 aromatic carbocycles. The summed E-state index contributed by atoms with van der Waals surface area (Å²) in [5, 5.41) is 13.4. The molecule has 0 aliphatic heterocycles. The van der Waals surface area contributed by atoms with E-state index in [9.17, 15) is 19.3 Å². The topological polar surface area (TPSA) is 95.0 Å². The van der Waals surface area contributed by atoms with Gasteiger partial charge in [0, 0.05) is 25.0 Å². The molecular formula is C16H14FN5O3. The van der Waals surface area contributed by atoms with Crippen LogP contribution in [-0.4, -0.2) is 24.9 Å². The Kier molecular flexibility index (Phi) is 4.29. The van der Waals surface area contributed by atoms with Gasteiger partial charge in [0.15, 0.2) is 0 Å². The summed E-state index contributed by atoms with van der Waals surface area (Å²) in [4.78, 5) is 26.0. The van der Waals surface area contributed by atoms with Crippen LogP contribution in [0.3, 0.4) is 0 Å². The maximum atomic E-state index is 13.9. The molecule has 0 spiro atoms. The first-order chi connectivity index (χ1) is 11.9. The highest BCUT2D eigenvalue weighted by Crippen LogP contribution is 2.19. The lowest BCUT2D eigenvalue weighted by molar-refractivity contribution is -0.389. The van der Waals surface area contributed by atoms with Gasteiger partial charge < -0.3 is 20.0 Å². The standard InChI is InChI=1S/C16H14FN5O3/c1-11-18-15(22(24)25)9-21(11)10-16(23)19-12-4-5-13(17)14(8-12)20-6-2-3-7-20/h2-9H,10H2,1H3,(H,19,23). The van der Waals surface area contributed by atoms with Crippen LogP contribution in [0.1, 0.15) is 5.82 Å². The first kappa shape index (κ1) is 16.4.